The number of amides is 2. The van der Waals surface area contributed by atoms with Crippen molar-refractivity contribution < 1.29 is 4.79 Å². The molecule has 0 radical (unpaired) electrons. The predicted molar refractivity (Wildman–Crippen MR) is 102 cm³/mol. The van der Waals surface area contributed by atoms with Crippen molar-refractivity contribution in [2.75, 3.05) is 38.5 Å². The second kappa shape index (κ2) is 7.44. The van der Waals surface area contributed by atoms with E-state index in [4.69, 9.17) is 0 Å². The van der Waals surface area contributed by atoms with E-state index in [-0.39, 0.29) is 6.03 Å². The molecule has 0 saturated carbocycles. The molecule has 2 amide bonds. The van der Waals surface area contributed by atoms with E-state index in [2.05, 4.69) is 43.1 Å². The lowest BCUT2D eigenvalue weighted by atomic mass is 10.1. The van der Waals surface area contributed by atoms with Gasteiger partial charge in [0.2, 0.25) is 0 Å². The lowest BCUT2D eigenvalue weighted by Crippen LogP contribution is -2.34. The van der Waals surface area contributed by atoms with E-state index in [0.29, 0.717) is 12.0 Å². The number of rotatable bonds is 5. The molecule has 0 unspecified atom stereocenters. The molecule has 0 aliphatic carbocycles. The van der Waals surface area contributed by atoms with Crippen LogP contribution in [0.25, 0.3) is 10.9 Å². The summed E-state index contributed by atoms with van der Waals surface area (Å²) < 4.78 is 1.95. The molecule has 1 atom stereocenters. The Morgan fingerprint density at radius 2 is 2.24 bits per heavy atom. The number of fused-ring (bicyclic) bond motifs is 1. The highest BCUT2D eigenvalue weighted by Crippen LogP contribution is 2.22. The molecule has 0 bridgehead atoms. The number of anilines is 1. The first-order chi connectivity index (χ1) is 12.0. The van der Waals surface area contributed by atoms with Crippen molar-refractivity contribution >= 4 is 22.6 Å². The summed E-state index contributed by atoms with van der Waals surface area (Å²) in [5.74, 6) is 0.572. The zero-order chi connectivity index (χ0) is 18.0. The number of carbonyl (C=O) groups is 1. The molecule has 0 spiro atoms. The van der Waals surface area contributed by atoms with Crippen LogP contribution >= 0.6 is 0 Å². The first-order valence-corrected chi connectivity index (χ1v) is 9.19. The van der Waals surface area contributed by atoms with Crippen molar-refractivity contribution in [1.82, 2.24) is 19.6 Å². The maximum Gasteiger partial charge on any atom is 0.321 e. The Labute approximate surface area is 149 Å². The van der Waals surface area contributed by atoms with Gasteiger partial charge in [-0.15, -0.1) is 0 Å². The van der Waals surface area contributed by atoms with Gasteiger partial charge in [-0.2, -0.15) is 5.10 Å². The smallest absolute Gasteiger partial charge is 0.321 e. The highest BCUT2D eigenvalue weighted by atomic mass is 16.2. The van der Waals surface area contributed by atoms with E-state index in [0.717, 1.165) is 49.2 Å². The molecule has 6 heteroatoms. The first-order valence-electron chi connectivity index (χ1n) is 9.19. The molecule has 136 valence electrons. The van der Waals surface area contributed by atoms with Crippen molar-refractivity contribution in [3.63, 3.8) is 0 Å². The maximum absolute atomic E-state index is 12.5. The number of urea groups is 1. The fraction of sp³-hybridized carbons (Fsp3) is 0.579. The lowest BCUT2D eigenvalue weighted by Gasteiger charge is -2.20. The van der Waals surface area contributed by atoms with Gasteiger partial charge in [0.1, 0.15) is 0 Å². The molecule has 1 aromatic heterocycles. The maximum atomic E-state index is 12.5. The quantitative estimate of drug-likeness (QED) is 0.905. The zero-order valence-corrected chi connectivity index (χ0v) is 15.7. The molecule has 2 aromatic rings. The molecule has 2 heterocycles. The Morgan fingerprint density at radius 1 is 1.44 bits per heavy atom. The summed E-state index contributed by atoms with van der Waals surface area (Å²) in [6.45, 7) is 10.2. The third kappa shape index (κ3) is 4.12. The topological polar surface area (TPSA) is 53.4 Å². The molecule has 25 heavy (non-hydrogen) atoms. The second-order valence-corrected chi connectivity index (χ2v) is 7.36. The minimum atomic E-state index is -0.00254. The molecule has 1 saturated heterocycles. The van der Waals surface area contributed by atoms with Crippen LogP contribution in [0.3, 0.4) is 0 Å². The van der Waals surface area contributed by atoms with Gasteiger partial charge in [0, 0.05) is 42.9 Å². The van der Waals surface area contributed by atoms with Crippen molar-refractivity contribution in [2.45, 2.75) is 33.2 Å². The summed E-state index contributed by atoms with van der Waals surface area (Å²) in [5.41, 5.74) is 1.78. The number of benzene rings is 1. The number of likely N-dealkylation sites (tertiary alicyclic amines) is 1. The number of nitrogens with zero attached hydrogens (tertiary/aromatic N) is 4. The van der Waals surface area contributed by atoms with E-state index in [1.807, 2.05) is 34.0 Å². The molecule has 6 nitrogen and oxygen atoms in total. The summed E-state index contributed by atoms with van der Waals surface area (Å²) in [6, 6.07) is 6.21. The number of aromatic nitrogens is 2. The van der Waals surface area contributed by atoms with Gasteiger partial charge >= 0.3 is 6.03 Å². The van der Waals surface area contributed by atoms with Crippen LogP contribution in [-0.2, 0) is 0 Å². The van der Waals surface area contributed by atoms with Crippen LogP contribution in [0.4, 0.5) is 10.5 Å². The van der Waals surface area contributed by atoms with Crippen LogP contribution < -0.4 is 5.32 Å². The third-order valence-corrected chi connectivity index (χ3v) is 4.99. The molecular formula is C19H29N5O. The largest absolute Gasteiger partial charge is 0.324 e. The Bertz CT molecular complexity index is 738. The molecule has 1 N–H and O–H groups in total. The minimum Gasteiger partial charge on any atom is -0.324 e. The van der Waals surface area contributed by atoms with Crippen LogP contribution in [0.2, 0.25) is 0 Å². The molecule has 1 aromatic carbocycles. The molecule has 1 aliphatic rings. The van der Waals surface area contributed by atoms with E-state index >= 15 is 0 Å². The monoisotopic (exact) mass is 343 g/mol. The van der Waals surface area contributed by atoms with Gasteiger partial charge in [0.05, 0.1) is 5.52 Å². The standard InChI is InChI=1S/C19H29N5O/c1-5-22(4)11-15-8-9-23(12-15)19(25)20-17-6-7-18-16(10-17)13-24(21-18)14(2)3/h6-7,10,13-15H,5,8-9,11-12H2,1-4H3,(H,20,25)/t15-/m1/s1. The van der Waals surface area contributed by atoms with Gasteiger partial charge in [-0.3, -0.25) is 4.68 Å². The summed E-state index contributed by atoms with van der Waals surface area (Å²) >= 11 is 0. The van der Waals surface area contributed by atoms with Crippen LogP contribution in [0.5, 0.6) is 0 Å². The SMILES string of the molecule is CCN(C)C[C@H]1CCN(C(=O)Nc2ccc3nn(C(C)C)cc3c2)C1. The zero-order valence-electron chi connectivity index (χ0n) is 15.7. The van der Waals surface area contributed by atoms with Gasteiger partial charge in [-0.25, -0.2) is 4.79 Å². The van der Waals surface area contributed by atoms with E-state index in [1.165, 1.54) is 0 Å². The van der Waals surface area contributed by atoms with E-state index in [1.54, 1.807) is 0 Å². The van der Waals surface area contributed by atoms with Crippen molar-refractivity contribution in [2.24, 2.45) is 5.92 Å². The summed E-state index contributed by atoms with van der Waals surface area (Å²) in [4.78, 5) is 16.8. The highest BCUT2D eigenvalue weighted by molar-refractivity contribution is 5.92. The average Bonchev–Trinajstić information content (AvgIpc) is 3.21. The van der Waals surface area contributed by atoms with Crippen LogP contribution in [0.1, 0.15) is 33.2 Å². The summed E-state index contributed by atoms with van der Waals surface area (Å²) in [7, 11) is 2.13. The lowest BCUT2D eigenvalue weighted by molar-refractivity contribution is 0.218. The first kappa shape index (κ1) is 17.7. The van der Waals surface area contributed by atoms with Gasteiger partial charge in [-0.1, -0.05) is 6.92 Å². The Morgan fingerprint density at radius 3 is 2.96 bits per heavy atom. The van der Waals surface area contributed by atoms with Crippen molar-refractivity contribution in [3.8, 4) is 0 Å². The fourth-order valence-corrected chi connectivity index (χ4v) is 3.33. The van der Waals surface area contributed by atoms with Crippen molar-refractivity contribution in [1.29, 1.82) is 0 Å². The fourth-order valence-electron chi connectivity index (χ4n) is 3.33. The molecule has 3 rings (SSSR count). The van der Waals surface area contributed by atoms with Gasteiger partial charge < -0.3 is 15.1 Å². The second-order valence-electron chi connectivity index (χ2n) is 7.36. The van der Waals surface area contributed by atoms with Crippen LogP contribution in [-0.4, -0.2) is 58.8 Å². The number of hydrogen-bond donors (Lipinski definition) is 1. The third-order valence-electron chi connectivity index (χ3n) is 4.99. The van der Waals surface area contributed by atoms with Crippen LogP contribution in [0, 0.1) is 5.92 Å². The average molecular weight is 343 g/mol. The molecule has 1 aliphatic heterocycles. The number of nitrogens with one attached hydrogen (secondary N) is 1. The highest BCUT2D eigenvalue weighted by Gasteiger charge is 2.26. The Kier molecular flexibility index (Phi) is 5.27. The normalized spacial score (nSPS) is 17.8. The molecular weight excluding hydrogens is 314 g/mol. The van der Waals surface area contributed by atoms with E-state index in [9.17, 15) is 4.79 Å². The van der Waals surface area contributed by atoms with Gasteiger partial charge in [-0.05, 0) is 58.0 Å². The number of carbonyl (C=O) groups excluding carboxylic acids is 1. The Balaban J connectivity index is 1.62. The van der Waals surface area contributed by atoms with Gasteiger partial charge in [0.15, 0.2) is 0 Å². The summed E-state index contributed by atoms with van der Waals surface area (Å²) in [5, 5.41) is 8.63. The predicted octanol–water partition coefficient (Wildman–Crippen LogP) is 3.42. The summed E-state index contributed by atoms with van der Waals surface area (Å²) in [6.07, 6.45) is 3.11. The van der Waals surface area contributed by atoms with Crippen molar-refractivity contribution in [3.05, 3.63) is 24.4 Å². The van der Waals surface area contributed by atoms with E-state index < -0.39 is 0 Å². The Hall–Kier alpha value is -2.08. The van der Waals surface area contributed by atoms with Crippen LogP contribution in [0.15, 0.2) is 24.4 Å². The molecule has 1 fully saturated rings. The minimum absolute atomic E-state index is 0.00254. The number of hydrogen-bond acceptors (Lipinski definition) is 3. The van der Waals surface area contributed by atoms with Gasteiger partial charge in [0.25, 0.3) is 0 Å².